The number of methoxy groups -OCH3 is 1. The number of aryl methyl sites for hydroxylation is 1. The predicted molar refractivity (Wildman–Crippen MR) is 133 cm³/mol. The van der Waals surface area contributed by atoms with Crippen LogP contribution in [0.1, 0.15) is 71.2 Å². The molecule has 0 radical (unpaired) electrons. The van der Waals surface area contributed by atoms with Gasteiger partial charge in [-0.3, -0.25) is 4.98 Å². The lowest BCUT2D eigenvalue weighted by molar-refractivity contribution is 0.00578. The van der Waals surface area contributed by atoms with Crippen LogP contribution in [0.25, 0.3) is 22.2 Å². The third-order valence-corrected chi connectivity index (χ3v) is 7.98. The van der Waals surface area contributed by atoms with Crippen LogP contribution >= 0.6 is 0 Å². The standard InChI is InChI=1S/C27H35BN2O3/c1-8-30-23-12-11-18(21-16-22(21)28-32-26(3,4)27(5,6)33-28)14-19(23)15-24(30)20-10-9-13-29-25(20)17(2)31-7/h9-15,17,21-22H,8,16H2,1-7H3/t17-,21+,22-/m0/s1. The summed E-state index contributed by atoms with van der Waals surface area (Å²) in [6, 6.07) is 13.4. The van der Waals surface area contributed by atoms with Gasteiger partial charge in [0.25, 0.3) is 0 Å². The molecule has 3 heterocycles. The maximum atomic E-state index is 6.33. The van der Waals surface area contributed by atoms with Gasteiger partial charge < -0.3 is 18.6 Å². The normalized spacial score (nSPS) is 24.4. The minimum Gasteiger partial charge on any atom is -0.403 e. The average Bonchev–Trinajstić information content (AvgIpc) is 3.45. The van der Waals surface area contributed by atoms with Crippen LogP contribution in [-0.2, 0) is 20.6 Å². The van der Waals surface area contributed by atoms with Crippen LogP contribution in [0, 0.1) is 0 Å². The molecule has 2 aliphatic rings. The van der Waals surface area contributed by atoms with Crippen molar-refractivity contribution < 1.29 is 14.0 Å². The van der Waals surface area contributed by atoms with E-state index in [2.05, 4.69) is 74.5 Å². The summed E-state index contributed by atoms with van der Waals surface area (Å²) in [5.74, 6) is 0.906. The molecular formula is C27H35BN2O3. The number of hydrogen-bond acceptors (Lipinski definition) is 4. The lowest BCUT2D eigenvalue weighted by Gasteiger charge is -2.32. The second-order valence-corrected chi connectivity index (χ2v) is 10.5. The second-order valence-electron chi connectivity index (χ2n) is 10.5. The van der Waals surface area contributed by atoms with Crippen LogP contribution in [0.2, 0.25) is 5.82 Å². The lowest BCUT2D eigenvalue weighted by Crippen LogP contribution is -2.41. The molecule has 2 aromatic heterocycles. The number of nitrogens with zero attached hydrogens (tertiary/aromatic N) is 2. The van der Waals surface area contributed by atoms with Gasteiger partial charge >= 0.3 is 7.12 Å². The molecule has 1 aliphatic carbocycles. The largest absolute Gasteiger partial charge is 0.461 e. The van der Waals surface area contributed by atoms with Gasteiger partial charge in [0.1, 0.15) is 0 Å². The molecule has 0 spiro atoms. The minimum absolute atomic E-state index is 0.0628. The van der Waals surface area contributed by atoms with Gasteiger partial charge in [0, 0.05) is 42.1 Å². The number of aromatic nitrogens is 2. The van der Waals surface area contributed by atoms with E-state index in [-0.39, 0.29) is 24.4 Å². The van der Waals surface area contributed by atoms with Crippen molar-refractivity contribution >= 4 is 18.0 Å². The highest BCUT2D eigenvalue weighted by Crippen LogP contribution is 2.58. The molecular weight excluding hydrogens is 411 g/mol. The van der Waals surface area contributed by atoms with Crippen molar-refractivity contribution in [2.24, 2.45) is 0 Å². The summed E-state index contributed by atoms with van der Waals surface area (Å²) in [5, 5.41) is 1.27. The van der Waals surface area contributed by atoms with Crippen molar-refractivity contribution in [1.29, 1.82) is 0 Å². The maximum Gasteiger partial charge on any atom is 0.461 e. The quantitative estimate of drug-likeness (QED) is 0.412. The monoisotopic (exact) mass is 446 g/mol. The Kier molecular flexibility index (Phi) is 5.47. The van der Waals surface area contributed by atoms with E-state index >= 15 is 0 Å². The molecule has 2 fully saturated rings. The highest BCUT2D eigenvalue weighted by molar-refractivity contribution is 6.49. The Hall–Kier alpha value is -2.15. The van der Waals surface area contributed by atoms with Gasteiger partial charge in [-0.05, 0) is 89.8 Å². The van der Waals surface area contributed by atoms with Crippen LogP contribution in [0.15, 0.2) is 42.6 Å². The number of hydrogen-bond donors (Lipinski definition) is 0. The summed E-state index contributed by atoms with van der Waals surface area (Å²) in [5.41, 5.74) is 5.37. The van der Waals surface area contributed by atoms with Crippen LogP contribution in [0.4, 0.5) is 0 Å². The van der Waals surface area contributed by atoms with E-state index in [0.29, 0.717) is 11.7 Å². The minimum atomic E-state index is -0.275. The third-order valence-electron chi connectivity index (χ3n) is 7.98. The Balaban J connectivity index is 1.47. The fraction of sp³-hybridized carbons (Fsp3) is 0.519. The molecule has 1 saturated carbocycles. The highest BCUT2D eigenvalue weighted by atomic mass is 16.7. The number of rotatable bonds is 6. The summed E-state index contributed by atoms with van der Waals surface area (Å²) in [6.45, 7) is 13.7. The molecule has 3 atom stereocenters. The number of pyridine rings is 1. The molecule has 0 bridgehead atoms. The highest BCUT2D eigenvalue weighted by Gasteiger charge is 2.59. The Morgan fingerprint density at radius 3 is 2.55 bits per heavy atom. The van der Waals surface area contributed by atoms with E-state index < -0.39 is 0 Å². The molecule has 0 amide bonds. The first-order valence-corrected chi connectivity index (χ1v) is 12.1. The molecule has 3 aromatic rings. The van der Waals surface area contributed by atoms with Gasteiger partial charge in [-0.15, -0.1) is 0 Å². The Labute approximate surface area is 197 Å². The maximum absolute atomic E-state index is 6.33. The first-order valence-electron chi connectivity index (χ1n) is 12.1. The van der Waals surface area contributed by atoms with Crippen LogP contribution in [0.5, 0.6) is 0 Å². The van der Waals surface area contributed by atoms with E-state index in [4.69, 9.17) is 14.0 Å². The van der Waals surface area contributed by atoms with Crippen LogP contribution in [0.3, 0.4) is 0 Å². The first-order chi connectivity index (χ1) is 15.7. The molecule has 5 nitrogen and oxygen atoms in total. The Bertz CT molecular complexity index is 1170. The van der Waals surface area contributed by atoms with Crippen molar-refractivity contribution in [3.8, 4) is 11.3 Å². The van der Waals surface area contributed by atoms with Crippen molar-refractivity contribution in [2.75, 3.05) is 7.11 Å². The zero-order valence-corrected chi connectivity index (χ0v) is 20.9. The Morgan fingerprint density at radius 1 is 1.15 bits per heavy atom. The van der Waals surface area contributed by atoms with Gasteiger partial charge in [0.15, 0.2) is 0 Å². The summed E-state index contributed by atoms with van der Waals surface area (Å²) < 4.78 is 20.6. The topological polar surface area (TPSA) is 45.5 Å². The van der Waals surface area contributed by atoms with Gasteiger partial charge in [-0.1, -0.05) is 6.07 Å². The summed E-state index contributed by atoms with van der Waals surface area (Å²) >= 11 is 0. The van der Waals surface area contributed by atoms with Gasteiger partial charge in [-0.25, -0.2) is 0 Å². The molecule has 0 N–H and O–H groups in total. The average molecular weight is 446 g/mol. The van der Waals surface area contributed by atoms with Crippen molar-refractivity contribution in [1.82, 2.24) is 9.55 Å². The number of fused-ring (bicyclic) bond motifs is 1. The van der Waals surface area contributed by atoms with Gasteiger partial charge in [-0.2, -0.15) is 0 Å². The van der Waals surface area contributed by atoms with Crippen molar-refractivity contribution in [3.05, 3.63) is 53.9 Å². The second kappa shape index (κ2) is 7.97. The van der Waals surface area contributed by atoms with Gasteiger partial charge in [0.2, 0.25) is 0 Å². The van der Waals surface area contributed by atoms with Crippen LogP contribution < -0.4 is 0 Å². The molecule has 6 heteroatoms. The van der Waals surface area contributed by atoms with E-state index in [9.17, 15) is 0 Å². The zero-order valence-electron chi connectivity index (χ0n) is 20.9. The zero-order chi connectivity index (χ0) is 23.5. The molecule has 1 saturated heterocycles. The van der Waals surface area contributed by atoms with Crippen LogP contribution in [-0.4, -0.2) is 35.0 Å². The van der Waals surface area contributed by atoms with E-state index in [1.54, 1.807) is 7.11 Å². The summed E-state index contributed by atoms with van der Waals surface area (Å²) in [7, 11) is 1.61. The fourth-order valence-electron chi connectivity index (χ4n) is 5.12. The summed E-state index contributed by atoms with van der Waals surface area (Å²) in [6.07, 6.45) is 2.89. The molecule has 174 valence electrons. The van der Waals surface area contributed by atoms with Gasteiger partial charge in [0.05, 0.1) is 28.7 Å². The molecule has 0 unspecified atom stereocenters. The van der Waals surface area contributed by atoms with E-state index in [1.807, 2.05) is 19.2 Å². The predicted octanol–water partition coefficient (Wildman–Crippen LogP) is 6.38. The SMILES string of the molecule is CCn1c(-c2cccnc2[C@H](C)OC)cc2cc([C@H]3C[C@@H]3B3OC(C)(C)C(C)(C)O3)ccc21. The summed E-state index contributed by atoms with van der Waals surface area (Å²) in [4.78, 5) is 4.64. The lowest BCUT2D eigenvalue weighted by atomic mass is 9.79. The Morgan fingerprint density at radius 2 is 1.88 bits per heavy atom. The van der Waals surface area contributed by atoms with Crippen molar-refractivity contribution in [3.63, 3.8) is 0 Å². The molecule has 33 heavy (non-hydrogen) atoms. The molecule has 1 aliphatic heterocycles. The van der Waals surface area contributed by atoms with E-state index in [0.717, 1.165) is 24.2 Å². The number of benzene rings is 1. The third kappa shape index (κ3) is 3.73. The first kappa shape index (κ1) is 22.6. The van der Waals surface area contributed by atoms with E-state index in [1.165, 1.54) is 22.2 Å². The fourth-order valence-corrected chi connectivity index (χ4v) is 5.12. The molecule has 1 aromatic carbocycles. The molecule has 5 rings (SSSR count). The number of ether oxygens (including phenoxy) is 1. The van der Waals surface area contributed by atoms with Crippen molar-refractivity contribution in [2.45, 2.75) is 83.5 Å². The smallest absolute Gasteiger partial charge is 0.403 e.